The summed E-state index contributed by atoms with van der Waals surface area (Å²) in [5.41, 5.74) is 7.01. The van der Waals surface area contributed by atoms with Crippen molar-refractivity contribution < 1.29 is 4.79 Å². The standard InChI is InChI=1S/C16H26ClN3O/c1-10(20(6)11(2)16(3,4)5)15(21)19-14-9-12(17)7-8-13(14)18/h7-11H,18H2,1-6H3,(H,19,21). The van der Waals surface area contributed by atoms with Crippen molar-refractivity contribution >= 4 is 28.9 Å². The second-order valence-electron chi connectivity index (χ2n) is 6.60. The molecular weight excluding hydrogens is 286 g/mol. The lowest BCUT2D eigenvalue weighted by molar-refractivity contribution is -0.121. The molecule has 4 nitrogen and oxygen atoms in total. The van der Waals surface area contributed by atoms with Gasteiger partial charge in [0, 0.05) is 11.1 Å². The maximum absolute atomic E-state index is 12.4. The van der Waals surface area contributed by atoms with Gasteiger partial charge in [-0.15, -0.1) is 0 Å². The van der Waals surface area contributed by atoms with Crippen LogP contribution in [0, 0.1) is 5.41 Å². The lowest BCUT2D eigenvalue weighted by atomic mass is 9.86. The molecule has 118 valence electrons. The Labute approximate surface area is 132 Å². The molecule has 3 N–H and O–H groups in total. The maximum Gasteiger partial charge on any atom is 0.241 e. The summed E-state index contributed by atoms with van der Waals surface area (Å²) >= 11 is 5.94. The number of carbonyl (C=O) groups is 1. The van der Waals surface area contributed by atoms with Crippen molar-refractivity contribution in [1.29, 1.82) is 0 Å². The molecular formula is C16H26ClN3O. The van der Waals surface area contributed by atoms with Crippen molar-refractivity contribution in [3.8, 4) is 0 Å². The minimum atomic E-state index is -0.266. The summed E-state index contributed by atoms with van der Waals surface area (Å²) in [6, 6.07) is 5.04. The van der Waals surface area contributed by atoms with Crippen LogP contribution in [-0.2, 0) is 4.79 Å². The van der Waals surface area contributed by atoms with E-state index in [9.17, 15) is 4.79 Å². The van der Waals surface area contributed by atoms with Crippen molar-refractivity contribution in [3.05, 3.63) is 23.2 Å². The van der Waals surface area contributed by atoms with Gasteiger partial charge in [-0.1, -0.05) is 32.4 Å². The van der Waals surface area contributed by atoms with Crippen LogP contribution in [0.15, 0.2) is 18.2 Å². The molecule has 0 aliphatic rings. The summed E-state index contributed by atoms with van der Waals surface area (Å²) in [6.07, 6.45) is 0. The summed E-state index contributed by atoms with van der Waals surface area (Å²) in [5.74, 6) is -0.0948. The fourth-order valence-electron chi connectivity index (χ4n) is 2.01. The highest BCUT2D eigenvalue weighted by atomic mass is 35.5. The fourth-order valence-corrected chi connectivity index (χ4v) is 2.18. The molecule has 0 bridgehead atoms. The average Bonchev–Trinajstić information content (AvgIpc) is 2.39. The van der Waals surface area contributed by atoms with Crippen LogP contribution >= 0.6 is 11.6 Å². The summed E-state index contributed by atoms with van der Waals surface area (Å²) < 4.78 is 0. The number of benzene rings is 1. The van der Waals surface area contributed by atoms with Crippen LogP contribution < -0.4 is 11.1 Å². The van der Waals surface area contributed by atoms with E-state index < -0.39 is 0 Å². The lowest BCUT2D eigenvalue weighted by Crippen LogP contribution is -2.48. The Kier molecular flexibility index (Phi) is 5.65. The van der Waals surface area contributed by atoms with E-state index >= 15 is 0 Å². The van der Waals surface area contributed by atoms with E-state index in [-0.39, 0.29) is 23.4 Å². The topological polar surface area (TPSA) is 58.4 Å². The largest absolute Gasteiger partial charge is 0.397 e. The van der Waals surface area contributed by atoms with Gasteiger partial charge in [0.25, 0.3) is 0 Å². The van der Waals surface area contributed by atoms with Gasteiger partial charge in [-0.25, -0.2) is 0 Å². The third-order valence-electron chi connectivity index (χ3n) is 4.13. The number of hydrogen-bond donors (Lipinski definition) is 2. The quantitative estimate of drug-likeness (QED) is 0.835. The molecule has 0 saturated carbocycles. The van der Waals surface area contributed by atoms with Crippen molar-refractivity contribution in [2.24, 2.45) is 5.41 Å². The molecule has 1 amide bonds. The number of rotatable bonds is 4. The second-order valence-corrected chi connectivity index (χ2v) is 7.04. The number of likely N-dealkylation sites (N-methyl/N-ethyl adjacent to an activating group) is 1. The van der Waals surface area contributed by atoms with E-state index in [1.807, 2.05) is 14.0 Å². The molecule has 0 saturated heterocycles. The van der Waals surface area contributed by atoms with Gasteiger partial charge in [0.1, 0.15) is 0 Å². The highest BCUT2D eigenvalue weighted by Crippen LogP contribution is 2.26. The van der Waals surface area contributed by atoms with Gasteiger partial charge in [0.15, 0.2) is 0 Å². The van der Waals surface area contributed by atoms with E-state index in [1.165, 1.54) is 0 Å². The average molecular weight is 312 g/mol. The Hall–Kier alpha value is -1.26. The number of nitrogen functional groups attached to an aromatic ring is 1. The van der Waals surface area contributed by atoms with Gasteiger partial charge in [0.2, 0.25) is 5.91 Å². The number of carbonyl (C=O) groups excluding carboxylic acids is 1. The normalized spacial score (nSPS) is 14.9. The Balaban J connectivity index is 2.81. The van der Waals surface area contributed by atoms with E-state index in [1.54, 1.807) is 18.2 Å². The third kappa shape index (κ3) is 4.61. The summed E-state index contributed by atoms with van der Waals surface area (Å²) in [5, 5.41) is 3.39. The Bertz CT molecular complexity index is 511. The Morgan fingerprint density at radius 1 is 1.33 bits per heavy atom. The Morgan fingerprint density at radius 2 is 1.90 bits per heavy atom. The van der Waals surface area contributed by atoms with Crippen LogP contribution in [-0.4, -0.2) is 29.9 Å². The zero-order valence-corrected chi connectivity index (χ0v) is 14.5. The molecule has 0 aromatic heterocycles. The molecule has 0 spiro atoms. The molecule has 1 aromatic carbocycles. The van der Waals surface area contributed by atoms with E-state index in [2.05, 4.69) is 37.9 Å². The first-order valence-electron chi connectivity index (χ1n) is 7.12. The first-order chi connectivity index (χ1) is 9.54. The highest BCUT2D eigenvalue weighted by Gasteiger charge is 2.29. The molecule has 5 heteroatoms. The van der Waals surface area contributed by atoms with Crippen molar-refractivity contribution in [1.82, 2.24) is 4.90 Å². The summed E-state index contributed by atoms with van der Waals surface area (Å²) in [7, 11) is 1.96. The zero-order valence-electron chi connectivity index (χ0n) is 13.7. The van der Waals surface area contributed by atoms with Crippen LogP contribution in [0.4, 0.5) is 11.4 Å². The monoisotopic (exact) mass is 311 g/mol. The molecule has 0 fully saturated rings. The predicted molar refractivity (Wildman–Crippen MR) is 90.6 cm³/mol. The molecule has 1 aromatic rings. The van der Waals surface area contributed by atoms with Gasteiger partial charge in [-0.05, 0) is 44.5 Å². The van der Waals surface area contributed by atoms with Gasteiger partial charge >= 0.3 is 0 Å². The smallest absolute Gasteiger partial charge is 0.241 e. The van der Waals surface area contributed by atoms with Crippen molar-refractivity contribution in [2.75, 3.05) is 18.1 Å². The number of nitrogens with zero attached hydrogens (tertiary/aromatic N) is 1. The van der Waals surface area contributed by atoms with Gasteiger partial charge in [-0.2, -0.15) is 0 Å². The fraction of sp³-hybridized carbons (Fsp3) is 0.562. The van der Waals surface area contributed by atoms with Crippen LogP contribution in [0.5, 0.6) is 0 Å². The molecule has 2 unspecified atom stereocenters. The predicted octanol–water partition coefficient (Wildman–Crippen LogP) is 3.62. The third-order valence-corrected chi connectivity index (χ3v) is 4.36. The van der Waals surface area contributed by atoms with Crippen molar-refractivity contribution in [2.45, 2.75) is 46.7 Å². The maximum atomic E-state index is 12.4. The molecule has 2 atom stereocenters. The minimum Gasteiger partial charge on any atom is -0.397 e. The first-order valence-corrected chi connectivity index (χ1v) is 7.49. The summed E-state index contributed by atoms with van der Waals surface area (Å²) in [6.45, 7) is 10.5. The molecule has 0 aliphatic heterocycles. The second kappa shape index (κ2) is 6.67. The van der Waals surface area contributed by atoms with Gasteiger partial charge in [0.05, 0.1) is 17.4 Å². The lowest BCUT2D eigenvalue weighted by Gasteiger charge is -2.38. The first kappa shape index (κ1) is 17.8. The van der Waals surface area contributed by atoms with Gasteiger partial charge < -0.3 is 11.1 Å². The highest BCUT2D eigenvalue weighted by molar-refractivity contribution is 6.31. The van der Waals surface area contributed by atoms with Gasteiger partial charge in [-0.3, -0.25) is 9.69 Å². The van der Waals surface area contributed by atoms with Crippen molar-refractivity contribution in [3.63, 3.8) is 0 Å². The number of nitrogens with one attached hydrogen (secondary N) is 1. The number of hydrogen-bond acceptors (Lipinski definition) is 3. The SMILES string of the molecule is CC(C(=O)Nc1cc(Cl)ccc1N)N(C)C(C)C(C)(C)C. The molecule has 21 heavy (non-hydrogen) atoms. The minimum absolute atomic E-state index is 0.0948. The summed E-state index contributed by atoms with van der Waals surface area (Å²) in [4.78, 5) is 14.5. The number of halogens is 1. The zero-order chi connectivity index (χ0) is 16.4. The molecule has 1 rings (SSSR count). The number of anilines is 2. The molecule has 0 aliphatic carbocycles. The van der Waals surface area contributed by atoms with Crippen LogP contribution in [0.1, 0.15) is 34.6 Å². The van der Waals surface area contributed by atoms with Crippen LogP contribution in [0.25, 0.3) is 0 Å². The number of nitrogens with two attached hydrogens (primary N) is 1. The Morgan fingerprint density at radius 3 is 2.43 bits per heavy atom. The molecule has 0 radical (unpaired) electrons. The number of amides is 1. The van der Waals surface area contributed by atoms with E-state index in [0.29, 0.717) is 16.4 Å². The van der Waals surface area contributed by atoms with Crippen LogP contribution in [0.2, 0.25) is 5.02 Å². The van der Waals surface area contributed by atoms with Crippen LogP contribution in [0.3, 0.4) is 0 Å². The molecule has 0 heterocycles. The van der Waals surface area contributed by atoms with E-state index in [4.69, 9.17) is 17.3 Å². The van der Waals surface area contributed by atoms with E-state index in [0.717, 1.165) is 0 Å².